The van der Waals surface area contributed by atoms with Crippen molar-refractivity contribution in [3.05, 3.63) is 35.4 Å². The maximum atomic E-state index is 11.0. The van der Waals surface area contributed by atoms with Gasteiger partial charge in [-0.05, 0) is 24.0 Å². The van der Waals surface area contributed by atoms with Crippen molar-refractivity contribution in [3.8, 4) is 0 Å². The highest BCUT2D eigenvalue weighted by Crippen LogP contribution is 2.22. The fraction of sp³-hybridized carbons (Fsp3) is 0.562. The molecular formula is C16H25NO3. The van der Waals surface area contributed by atoms with Gasteiger partial charge in [0.15, 0.2) is 0 Å². The Bertz CT molecular complexity index is 414. The van der Waals surface area contributed by atoms with Gasteiger partial charge in [0.2, 0.25) is 0 Å². The lowest BCUT2D eigenvalue weighted by Crippen LogP contribution is -2.35. The molecule has 0 bridgehead atoms. The fourth-order valence-corrected chi connectivity index (χ4v) is 2.16. The number of aliphatic carboxylic acids is 1. The maximum absolute atomic E-state index is 11.0. The summed E-state index contributed by atoms with van der Waals surface area (Å²) in [6, 6.07) is 8.46. The Kier molecular flexibility index (Phi) is 6.68. The summed E-state index contributed by atoms with van der Waals surface area (Å²) in [7, 11) is 1.63. The Morgan fingerprint density at radius 1 is 1.20 bits per heavy atom. The van der Waals surface area contributed by atoms with Crippen LogP contribution in [0, 0.1) is 0 Å². The third kappa shape index (κ3) is 4.94. The van der Waals surface area contributed by atoms with Crippen molar-refractivity contribution in [3.63, 3.8) is 0 Å². The topological polar surface area (TPSA) is 49.8 Å². The average molecular weight is 279 g/mol. The van der Waals surface area contributed by atoms with Gasteiger partial charge in [-0.1, -0.05) is 38.1 Å². The molecule has 0 aliphatic rings. The molecule has 1 unspecified atom stereocenters. The molecule has 0 heterocycles. The summed E-state index contributed by atoms with van der Waals surface area (Å²) in [6.07, 6.45) is 0. The lowest BCUT2D eigenvalue weighted by atomic mass is 9.99. The van der Waals surface area contributed by atoms with E-state index >= 15 is 0 Å². The van der Waals surface area contributed by atoms with Crippen LogP contribution < -0.4 is 0 Å². The molecule has 20 heavy (non-hydrogen) atoms. The van der Waals surface area contributed by atoms with E-state index in [-0.39, 0.29) is 12.6 Å². The third-order valence-electron chi connectivity index (χ3n) is 3.55. The molecule has 0 saturated carbocycles. The largest absolute Gasteiger partial charge is 0.480 e. The first-order valence-corrected chi connectivity index (χ1v) is 7.00. The molecule has 1 aromatic rings. The second-order valence-electron chi connectivity index (χ2n) is 5.35. The molecule has 1 N–H and O–H groups in total. The molecule has 1 atom stereocenters. The van der Waals surface area contributed by atoms with E-state index in [1.165, 1.54) is 5.56 Å². The molecule has 0 aliphatic carbocycles. The number of hydrogen-bond donors (Lipinski definition) is 1. The number of carboxylic acid groups (broad SMARTS) is 1. The monoisotopic (exact) mass is 279 g/mol. The van der Waals surface area contributed by atoms with Crippen LogP contribution in [0.15, 0.2) is 24.3 Å². The van der Waals surface area contributed by atoms with Crippen molar-refractivity contribution >= 4 is 5.97 Å². The van der Waals surface area contributed by atoms with Gasteiger partial charge in [-0.3, -0.25) is 9.69 Å². The van der Waals surface area contributed by atoms with Gasteiger partial charge < -0.3 is 9.84 Å². The molecule has 0 amide bonds. The predicted molar refractivity (Wildman–Crippen MR) is 80.0 cm³/mol. The number of rotatable bonds is 8. The molecule has 0 aromatic heterocycles. The van der Waals surface area contributed by atoms with Crippen molar-refractivity contribution in [2.75, 3.05) is 26.8 Å². The average Bonchev–Trinajstić information content (AvgIpc) is 2.42. The van der Waals surface area contributed by atoms with Crippen LogP contribution in [0.2, 0.25) is 0 Å². The number of ether oxygens (including phenoxy) is 1. The molecule has 4 nitrogen and oxygen atoms in total. The molecule has 112 valence electrons. The van der Waals surface area contributed by atoms with Gasteiger partial charge in [-0.2, -0.15) is 0 Å². The SMILES string of the molecule is COCCN(CC(=O)O)C(C)c1ccc(C(C)C)cc1. The van der Waals surface area contributed by atoms with Crippen molar-refractivity contribution in [2.45, 2.75) is 32.7 Å². The van der Waals surface area contributed by atoms with Crippen molar-refractivity contribution in [2.24, 2.45) is 0 Å². The zero-order chi connectivity index (χ0) is 15.1. The van der Waals surface area contributed by atoms with Crippen LogP contribution in [0.4, 0.5) is 0 Å². The highest BCUT2D eigenvalue weighted by atomic mass is 16.5. The number of carbonyl (C=O) groups is 1. The van der Waals surface area contributed by atoms with E-state index in [2.05, 4.69) is 38.1 Å². The lowest BCUT2D eigenvalue weighted by molar-refractivity contribution is -0.139. The zero-order valence-electron chi connectivity index (χ0n) is 12.8. The first kappa shape index (κ1) is 16.7. The first-order valence-electron chi connectivity index (χ1n) is 7.00. The van der Waals surface area contributed by atoms with Crippen molar-refractivity contribution < 1.29 is 14.6 Å². The van der Waals surface area contributed by atoms with Crippen LogP contribution in [-0.4, -0.2) is 42.8 Å². The van der Waals surface area contributed by atoms with Crippen LogP contribution >= 0.6 is 0 Å². The Morgan fingerprint density at radius 3 is 2.20 bits per heavy atom. The molecule has 0 aliphatic heterocycles. The minimum atomic E-state index is -0.813. The predicted octanol–water partition coefficient (Wildman–Crippen LogP) is 2.90. The van der Waals surface area contributed by atoms with Gasteiger partial charge in [0.05, 0.1) is 13.2 Å². The summed E-state index contributed by atoms with van der Waals surface area (Å²) in [5.41, 5.74) is 2.43. The molecule has 0 saturated heterocycles. The number of carboxylic acids is 1. The number of methoxy groups -OCH3 is 1. The summed E-state index contributed by atoms with van der Waals surface area (Å²) in [6.45, 7) is 7.51. The van der Waals surface area contributed by atoms with E-state index in [4.69, 9.17) is 9.84 Å². The van der Waals surface area contributed by atoms with Crippen LogP contribution in [0.1, 0.15) is 43.9 Å². The van der Waals surface area contributed by atoms with E-state index < -0.39 is 5.97 Å². The summed E-state index contributed by atoms with van der Waals surface area (Å²) >= 11 is 0. The summed E-state index contributed by atoms with van der Waals surface area (Å²) < 4.78 is 5.06. The third-order valence-corrected chi connectivity index (χ3v) is 3.55. The lowest BCUT2D eigenvalue weighted by Gasteiger charge is -2.27. The molecule has 1 rings (SSSR count). The van der Waals surface area contributed by atoms with Crippen molar-refractivity contribution in [1.29, 1.82) is 0 Å². The van der Waals surface area contributed by atoms with Gasteiger partial charge >= 0.3 is 5.97 Å². The van der Waals surface area contributed by atoms with Gasteiger partial charge in [0.25, 0.3) is 0 Å². The van der Waals surface area contributed by atoms with Gasteiger partial charge in [-0.15, -0.1) is 0 Å². The second kappa shape index (κ2) is 8.02. The molecule has 1 aromatic carbocycles. The van der Waals surface area contributed by atoms with E-state index in [1.807, 2.05) is 11.8 Å². The van der Waals surface area contributed by atoms with Gasteiger partial charge in [-0.25, -0.2) is 0 Å². The van der Waals surface area contributed by atoms with Gasteiger partial charge in [0.1, 0.15) is 0 Å². The van der Waals surface area contributed by atoms with Crippen LogP contribution in [0.5, 0.6) is 0 Å². The Morgan fingerprint density at radius 2 is 1.75 bits per heavy atom. The maximum Gasteiger partial charge on any atom is 0.317 e. The molecule has 0 spiro atoms. The number of nitrogens with zero attached hydrogens (tertiary/aromatic N) is 1. The number of hydrogen-bond acceptors (Lipinski definition) is 3. The van der Waals surface area contributed by atoms with Crippen LogP contribution in [0.3, 0.4) is 0 Å². The smallest absolute Gasteiger partial charge is 0.317 e. The summed E-state index contributed by atoms with van der Waals surface area (Å²) in [4.78, 5) is 12.9. The Balaban J connectivity index is 2.81. The molecule has 4 heteroatoms. The Hall–Kier alpha value is -1.39. The zero-order valence-corrected chi connectivity index (χ0v) is 12.8. The minimum absolute atomic E-state index is 0.0243. The molecular weight excluding hydrogens is 254 g/mol. The second-order valence-corrected chi connectivity index (χ2v) is 5.35. The summed E-state index contributed by atoms with van der Waals surface area (Å²) in [5, 5.41) is 9.01. The highest BCUT2D eigenvalue weighted by Gasteiger charge is 2.18. The standard InChI is InChI=1S/C16H25NO3/c1-12(2)14-5-7-15(8-6-14)13(3)17(9-10-20-4)11-16(18)19/h5-8,12-13H,9-11H2,1-4H3,(H,18,19). The van der Waals surface area contributed by atoms with Gasteiger partial charge in [0, 0.05) is 19.7 Å². The first-order chi connectivity index (χ1) is 9.45. The van der Waals surface area contributed by atoms with Crippen LogP contribution in [-0.2, 0) is 9.53 Å². The van der Waals surface area contributed by atoms with E-state index in [0.717, 1.165) is 5.56 Å². The normalized spacial score (nSPS) is 12.9. The van der Waals surface area contributed by atoms with Crippen LogP contribution in [0.25, 0.3) is 0 Å². The quantitative estimate of drug-likeness (QED) is 0.795. The molecule has 0 fully saturated rings. The molecule has 0 radical (unpaired) electrons. The fourth-order valence-electron chi connectivity index (χ4n) is 2.16. The Labute approximate surface area is 121 Å². The summed E-state index contributed by atoms with van der Waals surface area (Å²) in [5.74, 6) is -0.310. The highest BCUT2D eigenvalue weighted by molar-refractivity contribution is 5.69. The van der Waals surface area contributed by atoms with E-state index in [1.54, 1.807) is 7.11 Å². The number of benzene rings is 1. The van der Waals surface area contributed by atoms with Crippen molar-refractivity contribution in [1.82, 2.24) is 4.90 Å². The van der Waals surface area contributed by atoms with E-state index in [0.29, 0.717) is 19.1 Å². The minimum Gasteiger partial charge on any atom is -0.480 e. The van der Waals surface area contributed by atoms with E-state index in [9.17, 15) is 4.79 Å².